The fraction of sp³-hybridized carbons (Fsp3) is 0.387. The summed E-state index contributed by atoms with van der Waals surface area (Å²) in [5, 5.41) is 17.2. The van der Waals surface area contributed by atoms with Crippen LogP contribution in [0.4, 0.5) is 8.78 Å². The van der Waals surface area contributed by atoms with Gasteiger partial charge in [-0.2, -0.15) is 0 Å². The summed E-state index contributed by atoms with van der Waals surface area (Å²) in [6.07, 6.45) is -1.65. The molecule has 0 saturated carbocycles. The van der Waals surface area contributed by atoms with Crippen LogP contribution in [0.2, 0.25) is 25.7 Å². The third kappa shape index (κ3) is 7.18. The molecule has 0 amide bonds. The van der Waals surface area contributed by atoms with E-state index in [1.165, 1.54) is 28.3 Å². The van der Waals surface area contributed by atoms with Crippen molar-refractivity contribution in [3.05, 3.63) is 77.6 Å². The third-order valence-electron chi connectivity index (χ3n) is 7.56. The van der Waals surface area contributed by atoms with Crippen molar-refractivity contribution in [2.24, 2.45) is 0 Å². The number of aliphatic hydroxyl groups excluding tert-OH is 1. The Hall–Kier alpha value is -3.88. The summed E-state index contributed by atoms with van der Waals surface area (Å²) in [7, 11) is -1.76. The number of ether oxygens (including phenoxy) is 3. The number of rotatable bonds is 13. The zero-order chi connectivity index (χ0) is 33.1. The SMILES string of the molecule is COc1cccc(-c2nnc(C(CC[Si](C)(C)C)S(=O)(=O)[C@H](C)[C@H](O)c3ccc(F)cc3F)n2-c2c(OC)cccc2OC)n1. The van der Waals surface area contributed by atoms with Gasteiger partial charge in [0.2, 0.25) is 5.88 Å². The van der Waals surface area contributed by atoms with Gasteiger partial charge in [0, 0.05) is 25.8 Å². The van der Waals surface area contributed by atoms with Gasteiger partial charge in [0.15, 0.2) is 21.5 Å². The van der Waals surface area contributed by atoms with E-state index in [0.717, 1.165) is 12.1 Å². The molecule has 2 aromatic carbocycles. The van der Waals surface area contributed by atoms with E-state index in [2.05, 4.69) is 34.8 Å². The zero-order valence-electron chi connectivity index (χ0n) is 26.3. The average molecular weight is 661 g/mol. The largest absolute Gasteiger partial charge is 0.494 e. The van der Waals surface area contributed by atoms with E-state index >= 15 is 0 Å². The van der Waals surface area contributed by atoms with E-state index in [1.807, 2.05) is 0 Å². The van der Waals surface area contributed by atoms with Crippen molar-refractivity contribution < 1.29 is 36.5 Å². The predicted molar refractivity (Wildman–Crippen MR) is 169 cm³/mol. The van der Waals surface area contributed by atoms with Gasteiger partial charge in [-0.1, -0.05) is 43.9 Å². The molecule has 14 heteroatoms. The fourth-order valence-corrected chi connectivity index (χ4v) is 8.31. The molecule has 0 aliphatic heterocycles. The Bertz CT molecular complexity index is 1740. The topological polar surface area (TPSA) is 126 Å². The summed E-state index contributed by atoms with van der Waals surface area (Å²) in [6.45, 7) is 7.65. The summed E-state index contributed by atoms with van der Waals surface area (Å²) in [5.41, 5.74) is 0.350. The van der Waals surface area contributed by atoms with Gasteiger partial charge in [-0.3, -0.25) is 4.57 Å². The molecule has 0 spiro atoms. The second kappa shape index (κ2) is 13.6. The number of para-hydroxylation sites is 1. The number of halogens is 2. The van der Waals surface area contributed by atoms with Crippen LogP contribution in [-0.4, -0.2) is 67.9 Å². The van der Waals surface area contributed by atoms with Crippen LogP contribution in [0, 0.1) is 11.6 Å². The number of nitrogens with zero attached hydrogens (tertiary/aromatic N) is 4. The van der Waals surface area contributed by atoms with Crippen LogP contribution < -0.4 is 14.2 Å². The summed E-state index contributed by atoms with van der Waals surface area (Å²) < 4.78 is 75.7. The monoisotopic (exact) mass is 660 g/mol. The molecule has 4 aromatic rings. The van der Waals surface area contributed by atoms with E-state index in [9.17, 15) is 22.3 Å². The van der Waals surface area contributed by atoms with Crippen molar-refractivity contribution in [1.82, 2.24) is 19.7 Å². The van der Waals surface area contributed by atoms with Crippen molar-refractivity contribution in [1.29, 1.82) is 0 Å². The predicted octanol–water partition coefficient (Wildman–Crippen LogP) is 5.94. The number of hydrogen-bond donors (Lipinski definition) is 1. The van der Waals surface area contributed by atoms with Gasteiger partial charge < -0.3 is 19.3 Å². The molecule has 0 aliphatic rings. The molecule has 2 heterocycles. The van der Waals surface area contributed by atoms with Crippen molar-refractivity contribution in [3.63, 3.8) is 0 Å². The second-order valence-corrected chi connectivity index (χ2v) is 19.9. The lowest BCUT2D eigenvalue weighted by Gasteiger charge is -2.28. The van der Waals surface area contributed by atoms with Crippen molar-refractivity contribution in [2.75, 3.05) is 21.3 Å². The van der Waals surface area contributed by atoms with Crippen molar-refractivity contribution >= 4 is 17.9 Å². The Balaban J connectivity index is 2.00. The van der Waals surface area contributed by atoms with Gasteiger partial charge in [0.1, 0.15) is 39.8 Å². The molecular formula is C31H38F2N4O6SSi. The number of hydrogen-bond acceptors (Lipinski definition) is 9. The van der Waals surface area contributed by atoms with E-state index in [-0.39, 0.29) is 23.6 Å². The maximum atomic E-state index is 14.7. The van der Waals surface area contributed by atoms with Gasteiger partial charge in [-0.05, 0) is 37.6 Å². The molecule has 242 valence electrons. The molecular weight excluding hydrogens is 623 g/mol. The summed E-state index contributed by atoms with van der Waals surface area (Å²) in [5.74, 6) is -0.658. The molecule has 1 N–H and O–H groups in total. The van der Waals surface area contributed by atoms with E-state index in [0.29, 0.717) is 40.9 Å². The number of pyridine rings is 1. The van der Waals surface area contributed by atoms with Crippen molar-refractivity contribution in [2.45, 2.75) is 55.6 Å². The summed E-state index contributed by atoms with van der Waals surface area (Å²) in [4.78, 5) is 4.52. The van der Waals surface area contributed by atoms with Gasteiger partial charge in [0.05, 0.1) is 32.7 Å². The first-order valence-electron chi connectivity index (χ1n) is 14.3. The van der Waals surface area contributed by atoms with Crippen LogP contribution in [0.5, 0.6) is 17.4 Å². The van der Waals surface area contributed by atoms with Crippen LogP contribution >= 0.6 is 0 Å². The Morgan fingerprint density at radius 3 is 2.16 bits per heavy atom. The third-order valence-corrected chi connectivity index (χ3v) is 11.9. The second-order valence-electron chi connectivity index (χ2n) is 11.8. The first kappa shape index (κ1) is 34.0. The summed E-state index contributed by atoms with van der Waals surface area (Å²) in [6, 6.07) is 13.4. The standard InChI is InChI=1S/C31H38F2N4O6SSi/c1-19(29(38)21-15-14-20(32)18-22(21)33)44(39,40)26(16-17-45(5,6)7)31-36-35-30(23-10-8-13-27(34-23)43-4)37(31)28-24(41-2)11-9-12-25(28)42-3/h8-15,18-19,26,29,38H,16-17H2,1-7H3/t19-,26?,29+/m1/s1. The van der Waals surface area contributed by atoms with Crippen LogP contribution in [0.15, 0.2) is 54.6 Å². The summed E-state index contributed by atoms with van der Waals surface area (Å²) >= 11 is 0. The van der Waals surface area contributed by atoms with Crippen LogP contribution in [0.3, 0.4) is 0 Å². The molecule has 0 aliphatic carbocycles. The minimum absolute atomic E-state index is 0.0364. The number of benzene rings is 2. The minimum atomic E-state index is -4.34. The Morgan fingerprint density at radius 2 is 1.58 bits per heavy atom. The van der Waals surface area contributed by atoms with E-state index < -0.39 is 46.1 Å². The fourth-order valence-electron chi connectivity index (χ4n) is 5.03. The molecule has 0 saturated heterocycles. The average Bonchev–Trinajstić information content (AvgIpc) is 3.43. The van der Waals surface area contributed by atoms with E-state index in [4.69, 9.17) is 14.2 Å². The maximum Gasteiger partial charge on any atom is 0.213 e. The number of aromatic nitrogens is 4. The smallest absolute Gasteiger partial charge is 0.213 e. The number of sulfone groups is 1. The van der Waals surface area contributed by atoms with Crippen LogP contribution in [0.1, 0.15) is 36.1 Å². The van der Waals surface area contributed by atoms with Crippen LogP contribution in [0.25, 0.3) is 17.2 Å². The normalized spacial score (nSPS) is 14.1. The van der Waals surface area contributed by atoms with E-state index in [1.54, 1.807) is 41.0 Å². The van der Waals surface area contributed by atoms with Crippen molar-refractivity contribution in [3.8, 4) is 34.6 Å². The minimum Gasteiger partial charge on any atom is -0.494 e. The highest BCUT2D eigenvalue weighted by atomic mass is 32.2. The number of aliphatic hydroxyl groups is 1. The lowest BCUT2D eigenvalue weighted by molar-refractivity contribution is 0.170. The molecule has 1 unspecified atom stereocenters. The molecule has 0 radical (unpaired) electrons. The highest BCUT2D eigenvalue weighted by Crippen LogP contribution is 2.42. The molecule has 45 heavy (non-hydrogen) atoms. The molecule has 0 bridgehead atoms. The molecule has 10 nitrogen and oxygen atoms in total. The quantitative estimate of drug-likeness (QED) is 0.174. The Morgan fingerprint density at radius 1 is 0.933 bits per heavy atom. The van der Waals surface area contributed by atoms with Gasteiger partial charge >= 0.3 is 0 Å². The first-order chi connectivity index (χ1) is 21.2. The maximum absolute atomic E-state index is 14.7. The molecule has 4 rings (SSSR count). The Kier molecular flexibility index (Phi) is 10.3. The lowest BCUT2D eigenvalue weighted by Crippen LogP contribution is -2.33. The number of methoxy groups -OCH3 is 3. The highest BCUT2D eigenvalue weighted by molar-refractivity contribution is 7.92. The van der Waals surface area contributed by atoms with Crippen LogP contribution in [-0.2, 0) is 9.84 Å². The Labute approximate surface area is 263 Å². The van der Waals surface area contributed by atoms with Gasteiger partial charge in [0.25, 0.3) is 0 Å². The molecule has 0 fully saturated rings. The highest BCUT2D eigenvalue weighted by Gasteiger charge is 2.42. The first-order valence-corrected chi connectivity index (χ1v) is 19.6. The molecule has 3 atom stereocenters. The van der Waals surface area contributed by atoms with Gasteiger partial charge in [-0.15, -0.1) is 10.2 Å². The lowest BCUT2D eigenvalue weighted by atomic mass is 10.1. The zero-order valence-corrected chi connectivity index (χ0v) is 28.1. The molecule has 2 aromatic heterocycles. The van der Waals surface area contributed by atoms with Gasteiger partial charge in [-0.25, -0.2) is 22.2 Å².